The molecular formula is C17H23FIN3OS. The van der Waals surface area contributed by atoms with Gasteiger partial charge in [0.25, 0.3) is 0 Å². The average Bonchev–Trinajstić information content (AvgIpc) is 3.07. The Morgan fingerprint density at radius 3 is 2.67 bits per heavy atom. The van der Waals surface area contributed by atoms with Gasteiger partial charge in [-0.25, -0.2) is 9.38 Å². The quantitative estimate of drug-likeness (QED) is 0.269. The highest BCUT2D eigenvalue weighted by atomic mass is 127. The molecule has 0 bridgehead atoms. The molecule has 0 aliphatic rings. The van der Waals surface area contributed by atoms with E-state index in [2.05, 4.69) is 27.1 Å². The highest BCUT2D eigenvalue weighted by molar-refractivity contribution is 14.0. The maximum absolute atomic E-state index is 12.8. The van der Waals surface area contributed by atoms with Gasteiger partial charge in [-0.1, -0.05) is 6.07 Å². The summed E-state index contributed by atoms with van der Waals surface area (Å²) < 4.78 is 18.3. The van der Waals surface area contributed by atoms with Crippen LogP contribution in [0.15, 0.2) is 46.8 Å². The number of guanidine groups is 1. The van der Waals surface area contributed by atoms with Gasteiger partial charge in [0.15, 0.2) is 5.96 Å². The largest absolute Gasteiger partial charge is 0.494 e. The normalized spacial score (nSPS) is 10.8. The first-order valence-electron chi connectivity index (χ1n) is 7.71. The lowest BCUT2D eigenvalue weighted by molar-refractivity contribution is 0.310. The fraction of sp³-hybridized carbons (Fsp3) is 0.353. The monoisotopic (exact) mass is 463 g/mol. The van der Waals surface area contributed by atoms with E-state index < -0.39 is 0 Å². The number of rotatable bonds is 8. The Morgan fingerprint density at radius 2 is 2.00 bits per heavy atom. The van der Waals surface area contributed by atoms with E-state index in [0.29, 0.717) is 18.9 Å². The molecule has 0 fully saturated rings. The molecule has 1 aromatic carbocycles. The van der Waals surface area contributed by atoms with Gasteiger partial charge in [-0.2, -0.15) is 0 Å². The number of hydrogen-bond acceptors (Lipinski definition) is 3. The standard InChI is InChI=1S/C17H22FN3OS.HI/c1-2-19-17(21-13-16-5-3-12-23-16)20-10-4-11-22-15-8-6-14(18)7-9-15;/h3,5-9,12H,2,4,10-11,13H2,1H3,(H2,19,20,21);1H. The summed E-state index contributed by atoms with van der Waals surface area (Å²) in [5.41, 5.74) is 0. The SMILES string of the molecule is CCNC(=NCc1cccs1)NCCCOc1ccc(F)cc1.I. The minimum Gasteiger partial charge on any atom is -0.494 e. The Balaban J connectivity index is 0.00000288. The van der Waals surface area contributed by atoms with E-state index in [1.165, 1.54) is 17.0 Å². The molecule has 2 rings (SSSR count). The molecule has 0 saturated carbocycles. The van der Waals surface area contributed by atoms with Gasteiger partial charge in [0.1, 0.15) is 11.6 Å². The van der Waals surface area contributed by atoms with Crippen LogP contribution < -0.4 is 15.4 Å². The topological polar surface area (TPSA) is 45.7 Å². The van der Waals surface area contributed by atoms with Crippen LogP contribution in [0.1, 0.15) is 18.2 Å². The molecule has 2 aromatic rings. The summed E-state index contributed by atoms with van der Waals surface area (Å²) >= 11 is 1.70. The van der Waals surface area contributed by atoms with Gasteiger partial charge >= 0.3 is 0 Å². The van der Waals surface area contributed by atoms with Crippen molar-refractivity contribution in [2.45, 2.75) is 19.9 Å². The fourth-order valence-electron chi connectivity index (χ4n) is 1.90. The summed E-state index contributed by atoms with van der Waals surface area (Å²) in [5, 5.41) is 8.56. The molecule has 0 aliphatic heterocycles. The first kappa shape index (κ1) is 20.7. The van der Waals surface area contributed by atoms with E-state index in [0.717, 1.165) is 25.5 Å². The molecule has 2 N–H and O–H groups in total. The first-order valence-corrected chi connectivity index (χ1v) is 8.59. The summed E-state index contributed by atoms with van der Waals surface area (Å²) in [7, 11) is 0. The predicted octanol–water partition coefficient (Wildman–Crippen LogP) is 4.03. The van der Waals surface area contributed by atoms with Gasteiger partial charge in [0, 0.05) is 18.0 Å². The second kappa shape index (κ2) is 12.1. The minimum atomic E-state index is -0.253. The highest BCUT2D eigenvalue weighted by Gasteiger charge is 1.99. The van der Waals surface area contributed by atoms with Crippen molar-refractivity contribution >= 4 is 41.3 Å². The molecule has 0 aliphatic carbocycles. The van der Waals surface area contributed by atoms with E-state index in [9.17, 15) is 4.39 Å². The number of halogens is 2. The smallest absolute Gasteiger partial charge is 0.191 e. The number of nitrogens with zero attached hydrogens (tertiary/aromatic N) is 1. The second-order valence-electron chi connectivity index (χ2n) is 4.86. The van der Waals surface area contributed by atoms with E-state index >= 15 is 0 Å². The maximum atomic E-state index is 12.8. The van der Waals surface area contributed by atoms with Crippen molar-refractivity contribution in [3.63, 3.8) is 0 Å². The number of aliphatic imine (C=N–C) groups is 1. The van der Waals surface area contributed by atoms with Crippen LogP contribution >= 0.6 is 35.3 Å². The predicted molar refractivity (Wildman–Crippen MR) is 109 cm³/mol. The Bertz CT molecular complexity index is 590. The Morgan fingerprint density at radius 1 is 1.21 bits per heavy atom. The molecule has 0 unspecified atom stereocenters. The fourth-order valence-corrected chi connectivity index (χ4v) is 2.53. The third-order valence-corrected chi connectivity index (χ3v) is 3.87. The number of nitrogens with one attached hydrogen (secondary N) is 2. The molecule has 0 radical (unpaired) electrons. The van der Waals surface area contributed by atoms with Gasteiger partial charge < -0.3 is 15.4 Å². The van der Waals surface area contributed by atoms with Gasteiger partial charge in [0.05, 0.1) is 13.2 Å². The van der Waals surface area contributed by atoms with Gasteiger partial charge in [-0.15, -0.1) is 35.3 Å². The lowest BCUT2D eigenvalue weighted by Crippen LogP contribution is -2.38. The van der Waals surface area contributed by atoms with Crippen molar-refractivity contribution in [2.24, 2.45) is 4.99 Å². The zero-order valence-electron chi connectivity index (χ0n) is 13.6. The summed E-state index contributed by atoms with van der Waals surface area (Å²) in [5.74, 6) is 1.24. The van der Waals surface area contributed by atoms with Crippen molar-refractivity contribution in [3.8, 4) is 5.75 Å². The maximum Gasteiger partial charge on any atom is 0.191 e. The summed E-state index contributed by atoms with van der Waals surface area (Å²) in [4.78, 5) is 5.78. The first-order chi connectivity index (χ1) is 11.3. The lowest BCUT2D eigenvalue weighted by Gasteiger charge is -2.11. The number of benzene rings is 1. The molecule has 1 heterocycles. The molecular weight excluding hydrogens is 440 g/mol. The molecule has 24 heavy (non-hydrogen) atoms. The van der Waals surface area contributed by atoms with E-state index in [1.807, 2.05) is 13.0 Å². The van der Waals surface area contributed by atoms with Crippen molar-refractivity contribution in [1.82, 2.24) is 10.6 Å². The molecule has 0 saturated heterocycles. The number of ether oxygens (including phenoxy) is 1. The summed E-state index contributed by atoms with van der Waals surface area (Å²) in [6, 6.07) is 10.2. The van der Waals surface area contributed by atoms with Crippen molar-refractivity contribution in [3.05, 3.63) is 52.5 Å². The molecule has 0 atom stereocenters. The molecule has 4 nitrogen and oxygen atoms in total. The zero-order valence-corrected chi connectivity index (χ0v) is 16.8. The van der Waals surface area contributed by atoms with Gasteiger partial charge in [0.2, 0.25) is 0 Å². The number of hydrogen-bond donors (Lipinski definition) is 2. The molecule has 132 valence electrons. The van der Waals surface area contributed by atoms with E-state index in [4.69, 9.17) is 4.74 Å². The van der Waals surface area contributed by atoms with Crippen LogP contribution in [0, 0.1) is 5.82 Å². The molecule has 0 spiro atoms. The van der Waals surface area contributed by atoms with Crippen LogP contribution in [-0.2, 0) is 6.54 Å². The van der Waals surface area contributed by atoms with Crippen LogP contribution in [0.3, 0.4) is 0 Å². The van der Waals surface area contributed by atoms with Gasteiger partial charge in [-0.05, 0) is 49.1 Å². The molecule has 0 amide bonds. The average molecular weight is 463 g/mol. The Labute approximate surface area is 163 Å². The Kier molecular flexibility index (Phi) is 10.4. The van der Waals surface area contributed by atoms with Crippen molar-refractivity contribution in [1.29, 1.82) is 0 Å². The minimum absolute atomic E-state index is 0. The number of thiophene rings is 1. The van der Waals surface area contributed by atoms with Crippen molar-refractivity contribution in [2.75, 3.05) is 19.7 Å². The molecule has 1 aromatic heterocycles. The lowest BCUT2D eigenvalue weighted by atomic mass is 10.3. The summed E-state index contributed by atoms with van der Waals surface area (Å²) in [6.45, 7) is 4.88. The van der Waals surface area contributed by atoms with Gasteiger partial charge in [-0.3, -0.25) is 0 Å². The van der Waals surface area contributed by atoms with Crippen LogP contribution in [0.5, 0.6) is 5.75 Å². The highest BCUT2D eigenvalue weighted by Crippen LogP contribution is 2.11. The Hall–Kier alpha value is -1.35. The van der Waals surface area contributed by atoms with Crippen LogP contribution in [0.4, 0.5) is 4.39 Å². The van der Waals surface area contributed by atoms with Crippen LogP contribution in [0.25, 0.3) is 0 Å². The van der Waals surface area contributed by atoms with E-state index in [-0.39, 0.29) is 29.8 Å². The second-order valence-corrected chi connectivity index (χ2v) is 5.89. The van der Waals surface area contributed by atoms with Crippen LogP contribution in [0.2, 0.25) is 0 Å². The van der Waals surface area contributed by atoms with Crippen molar-refractivity contribution < 1.29 is 9.13 Å². The third-order valence-electron chi connectivity index (χ3n) is 3.01. The summed E-state index contributed by atoms with van der Waals surface area (Å²) in [6.07, 6.45) is 0.834. The van der Waals surface area contributed by atoms with Crippen LogP contribution in [-0.4, -0.2) is 25.7 Å². The molecule has 7 heteroatoms. The zero-order chi connectivity index (χ0) is 16.3. The third kappa shape index (κ3) is 7.96. The van der Waals surface area contributed by atoms with E-state index in [1.54, 1.807) is 23.5 Å².